The SMILES string of the molecule is COc1cc(C2CC(=O)N(N(C)C)C3=C2C(=O)CCC3)ccc1OCc1ccccc1C. The molecular formula is C26H30N2O4. The van der Waals surface area contributed by atoms with Gasteiger partial charge in [-0.25, -0.2) is 10.0 Å². The number of hydrazine groups is 1. The minimum Gasteiger partial charge on any atom is -0.493 e. The van der Waals surface area contributed by atoms with Gasteiger partial charge in [0, 0.05) is 44.1 Å². The fourth-order valence-corrected chi connectivity index (χ4v) is 4.67. The van der Waals surface area contributed by atoms with E-state index in [-0.39, 0.29) is 24.0 Å². The smallest absolute Gasteiger partial charge is 0.242 e. The summed E-state index contributed by atoms with van der Waals surface area (Å²) in [6.45, 7) is 2.50. The van der Waals surface area contributed by atoms with E-state index in [9.17, 15) is 9.59 Å². The molecule has 0 fully saturated rings. The van der Waals surface area contributed by atoms with Gasteiger partial charge in [0.2, 0.25) is 5.91 Å². The molecule has 0 bridgehead atoms. The molecule has 1 atom stereocenters. The number of allylic oxidation sites excluding steroid dienone is 2. The Morgan fingerprint density at radius 2 is 1.84 bits per heavy atom. The summed E-state index contributed by atoms with van der Waals surface area (Å²) >= 11 is 0. The molecule has 0 aromatic heterocycles. The maximum absolute atomic E-state index is 13.0. The highest BCUT2D eigenvalue weighted by atomic mass is 16.5. The first-order valence-electron chi connectivity index (χ1n) is 11.0. The fraction of sp³-hybridized carbons (Fsp3) is 0.385. The van der Waals surface area contributed by atoms with Crippen LogP contribution in [0.4, 0.5) is 0 Å². The molecule has 1 unspecified atom stereocenters. The highest BCUT2D eigenvalue weighted by Crippen LogP contribution is 2.43. The van der Waals surface area contributed by atoms with Crippen molar-refractivity contribution in [3.8, 4) is 11.5 Å². The van der Waals surface area contributed by atoms with E-state index >= 15 is 0 Å². The Hall–Kier alpha value is -3.12. The minimum atomic E-state index is -0.263. The number of hydrogen-bond acceptors (Lipinski definition) is 5. The highest BCUT2D eigenvalue weighted by Gasteiger charge is 2.40. The Morgan fingerprint density at radius 1 is 1.06 bits per heavy atom. The number of methoxy groups -OCH3 is 1. The first kappa shape index (κ1) is 22.1. The summed E-state index contributed by atoms with van der Waals surface area (Å²) in [5.41, 5.74) is 4.79. The number of benzene rings is 2. The maximum Gasteiger partial charge on any atom is 0.242 e. The van der Waals surface area contributed by atoms with Gasteiger partial charge in [0.15, 0.2) is 17.3 Å². The van der Waals surface area contributed by atoms with Crippen LogP contribution in [0.1, 0.15) is 48.3 Å². The van der Waals surface area contributed by atoms with E-state index in [0.717, 1.165) is 35.2 Å². The third-order valence-electron chi connectivity index (χ3n) is 6.28. The number of amides is 1. The van der Waals surface area contributed by atoms with Crippen molar-refractivity contribution in [2.45, 2.75) is 45.1 Å². The molecule has 0 spiro atoms. The number of aryl methyl sites for hydroxylation is 1. The van der Waals surface area contributed by atoms with E-state index in [2.05, 4.69) is 13.0 Å². The van der Waals surface area contributed by atoms with Gasteiger partial charge in [0.25, 0.3) is 0 Å². The number of carbonyl (C=O) groups excluding carboxylic acids is 2. The summed E-state index contributed by atoms with van der Waals surface area (Å²) in [6, 6.07) is 13.8. The largest absolute Gasteiger partial charge is 0.493 e. The lowest BCUT2D eigenvalue weighted by molar-refractivity contribution is -0.143. The molecule has 1 amide bonds. The molecule has 0 saturated heterocycles. The fourth-order valence-electron chi connectivity index (χ4n) is 4.67. The zero-order valence-electron chi connectivity index (χ0n) is 19.2. The summed E-state index contributed by atoms with van der Waals surface area (Å²) in [4.78, 5) is 25.9. The van der Waals surface area contributed by atoms with E-state index in [1.807, 2.05) is 50.5 Å². The van der Waals surface area contributed by atoms with Gasteiger partial charge in [0.1, 0.15) is 6.61 Å². The maximum atomic E-state index is 13.0. The summed E-state index contributed by atoms with van der Waals surface area (Å²) in [5.74, 6) is 1.12. The van der Waals surface area contributed by atoms with Crippen LogP contribution in [-0.2, 0) is 16.2 Å². The minimum absolute atomic E-state index is 0.00676. The van der Waals surface area contributed by atoms with E-state index in [0.29, 0.717) is 24.5 Å². The number of Topliss-reactive ketones (excluding diaryl/α,β-unsaturated/α-hetero) is 1. The number of hydrogen-bond donors (Lipinski definition) is 0. The van der Waals surface area contributed by atoms with Gasteiger partial charge in [-0.3, -0.25) is 9.59 Å². The summed E-state index contributed by atoms with van der Waals surface area (Å²) < 4.78 is 11.7. The number of rotatable bonds is 6. The predicted molar refractivity (Wildman–Crippen MR) is 122 cm³/mol. The third kappa shape index (κ3) is 4.15. The molecule has 6 nitrogen and oxygen atoms in total. The average Bonchev–Trinajstić information content (AvgIpc) is 2.77. The second-order valence-electron chi connectivity index (χ2n) is 8.57. The monoisotopic (exact) mass is 434 g/mol. The van der Waals surface area contributed by atoms with Crippen molar-refractivity contribution in [1.29, 1.82) is 0 Å². The number of ketones is 1. The molecule has 0 N–H and O–H groups in total. The Bertz CT molecular complexity index is 1070. The van der Waals surface area contributed by atoms with Crippen LogP contribution >= 0.6 is 0 Å². The zero-order valence-corrected chi connectivity index (χ0v) is 19.2. The predicted octanol–water partition coefficient (Wildman–Crippen LogP) is 4.38. The Kier molecular flexibility index (Phi) is 6.33. The quantitative estimate of drug-likeness (QED) is 0.675. The Labute approximate surface area is 189 Å². The molecule has 2 aromatic rings. The van der Waals surface area contributed by atoms with Crippen molar-refractivity contribution in [1.82, 2.24) is 10.0 Å². The van der Waals surface area contributed by atoms with Crippen molar-refractivity contribution in [3.63, 3.8) is 0 Å². The van der Waals surface area contributed by atoms with Gasteiger partial charge < -0.3 is 9.47 Å². The van der Waals surface area contributed by atoms with Gasteiger partial charge in [0.05, 0.1) is 7.11 Å². The third-order valence-corrected chi connectivity index (χ3v) is 6.28. The van der Waals surface area contributed by atoms with Crippen LogP contribution in [0.2, 0.25) is 0 Å². The van der Waals surface area contributed by atoms with Crippen molar-refractivity contribution >= 4 is 11.7 Å². The van der Waals surface area contributed by atoms with Crippen LogP contribution < -0.4 is 9.47 Å². The molecule has 2 aliphatic rings. The Morgan fingerprint density at radius 3 is 2.56 bits per heavy atom. The Balaban J connectivity index is 1.66. The standard InChI is InChI=1S/C26H30N2O4/c1-17-8-5-6-9-19(17)16-32-23-13-12-18(14-24(23)31-4)20-15-25(30)28(27(2)3)21-10-7-11-22(29)26(20)21/h5-6,8-9,12-14,20H,7,10-11,15-16H2,1-4H3. The number of carbonyl (C=O) groups is 2. The summed E-state index contributed by atoms with van der Waals surface area (Å²) in [5, 5.41) is 3.44. The van der Waals surface area contributed by atoms with Crippen molar-refractivity contribution in [2.75, 3.05) is 21.2 Å². The van der Waals surface area contributed by atoms with E-state index in [1.165, 1.54) is 5.56 Å². The van der Waals surface area contributed by atoms with Crippen LogP contribution in [0.3, 0.4) is 0 Å². The lowest BCUT2D eigenvalue weighted by Crippen LogP contribution is -2.47. The molecule has 32 heavy (non-hydrogen) atoms. The molecule has 6 heteroatoms. The highest BCUT2D eigenvalue weighted by molar-refractivity contribution is 6.01. The molecule has 0 radical (unpaired) electrons. The molecule has 4 rings (SSSR count). The zero-order chi connectivity index (χ0) is 22.8. The molecule has 1 aliphatic carbocycles. The average molecular weight is 435 g/mol. The molecule has 1 aliphatic heterocycles. The lowest BCUT2D eigenvalue weighted by Gasteiger charge is -2.41. The lowest BCUT2D eigenvalue weighted by atomic mass is 9.77. The second kappa shape index (κ2) is 9.17. The summed E-state index contributed by atoms with van der Waals surface area (Å²) in [6.07, 6.45) is 2.29. The van der Waals surface area contributed by atoms with E-state index < -0.39 is 0 Å². The van der Waals surface area contributed by atoms with Crippen molar-refractivity contribution < 1.29 is 19.1 Å². The first-order chi connectivity index (χ1) is 15.4. The van der Waals surface area contributed by atoms with Gasteiger partial charge in [-0.15, -0.1) is 0 Å². The first-order valence-corrected chi connectivity index (χ1v) is 11.0. The van der Waals surface area contributed by atoms with Crippen LogP contribution in [0.15, 0.2) is 53.7 Å². The summed E-state index contributed by atoms with van der Waals surface area (Å²) in [7, 11) is 5.28. The number of nitrogens with zero attached hydrogens (tertiary/aromatic N) is 2. The molecule has 1 heterocycles. The van der Waals surface area contributed by atoms with Crippen molar-refractivity contribution in [3.05, 3.63) is 70.4 Å². The van der Waals surface area contributed by atoms with E-state index in [1.54, 1.807) is 17.1 Å². The van der Waals surface area contributed by atoms with Gasteiger partial charge in [-0.05, 0) is 48.6 Å². The second-order valence-corrected chi connectivity index (χ2v) is 8.57. The van der Waals surface area contributed by atoms with Crippen molar-refractivity contribution in [2.24, 2.45) is 0 Å². The van der Waals surface area contributed by atoms with E-state index in [4.69, 9.17) is 9.47 Å². The van der Waals surface area contributed by atoms with Gasteiger partial charge in [-0.1, -0.05) is 30.3 Å². The van der Waals surface area contributed by atoms with Gasteiger partial charge >= 0.3 is 0 Å². The van der Waals surface area contributed by atoms with Crippen LogP contribution in [0, 0.1) is 6.92 Å². The normalized spacial score (nSPS) is 18.8. The van der Waals surface area contributed by atoms with Gasteiger partial charge in [-0.2, -0.15) is 0 Å². The molecule has 0 saturated carbocycles. The van der Waals surface area contributed by atoms with Crippen LogP contribution in [-0.4, -0.2) is 42.9 Å². The molecular weight excluding hydrogens is 404 g/mol. The molecule has 2 aromatic carbocycles. The topological polar surface area (TPSA) is 59.1 Å². The number of ether oxygens (including phenoxy) is 2. The van der Waals surface area contributed by atoms with Crippen LogP contribution in [0.25, 0.3) is 0 Å². The molecule has 168 valence electrons. The van der Waals surface area contributed by atoms with Crippen LogP contribution in [0.5, 0.6) is 11.5 Å².